The van der Waals surface area contributed by atoms with Crippen LogP contribution in [0.5, 0.6) is 0 Å². The second-order valence-corrected chi connectivity index (χ2v) is 9.29. The Hall–Kier alpha value is 1.44. The quantitative estimate of drug-likeness (QED) is 0.558. The molecule has 74 valence electrons. The lowest BCUT2D eigenvalue weighted by molar-refractivity contribution is 0.0719. The molecular weight excluding hydrogens is 360 g/mol. The molecule has 4 saturated carbocycles. The molecule has 3 heteroatoms. The van der Waals surface area contributed by atoms with E-state index in [0.717, 1.165) is 11.8 Å². The van der Waals surface area contributed by atoms with Crippen molar-refractivity contribution in [3.8, 4) is 0 Å². The third kappa shape index (κ3) is 1.25. The van der Waals surface area contributed by atoms with Crippen molar-refractivity contribution in [2.45, 2.75) is 45.6 Å². The predicted molar refractivity (Wildman–Crippen MR) is 66.1 cm³/mol. The van der Waals surface area contributed by atoms with Gasteiger partial charge in [-0.1, -0.05) is 47.8 Å². The summed E-state index contributed by atoms with van der Waals surface area (Å²) < 4.78 is 0.807. The maximum absolute atomic E-state index is 3.98. The Morgan fingerprint density at radius 2 is 1.23 bits per heavy atom. The maximum Gasteiger partial charge on any atom is 0.0452 e. The van der Waals surface area contributed by atoms with Crippen LogP contribution in [0, 0.1) is 11.8 Å². The van der Waals surface area contributed by atoms with Crippen molar-refractivity contribution in [2.75, 3.05) is 0 Å². The van der Waals surface area contributed by atoms with E-state index < -0.39 is 0 Å². The van der Waals surface area contributed by atoms with Gasteiger partial charge in [0.25, 0.3) is 0 Å². The molecule has 0 aromatic heterocycles. The number of rotatable bonds is 0. The molecule has 0 aromatic carbocycles. The highest BCUT2D eigenvalue weighted by atomic mass is 79.9. The van der Waals surface area contributed by atoms with Gasteiger partial charge in [0.05, 0.1) is 0 Å². The van der Waals surface area contributed by atoms with Crippen LogP contribution in [0.25, 0.3) is 0 Å². The smallest absolute Gasteiger partial charge is 0.0452 e. The van der Waals surface area contributed by atoms with Crippen molar-refractivity contribution < 1.29 is 0 Å². The number of alkyl halides is 3. The van der Waals surface area contributed by atoms with Crippen molar-refractivity contribution in [3.63, 3.8) is 0 Å². The fourth-order valence-electron chi connectivity index (χ4n) is 3.91. The molecule has 0 saturated heterocycles. The third-order valence-corrected chi connectivity index (χ3v) is 9.28. The fraction of sp³-hybridized carbons (Fsp3) is 1.00. The number of halogens is 3. The standard InChI is InChI=1S/C10H13Br3/c11-8-9(12)2-6-1-7(4-9)5-10(8,13)3-6/h6-8H,1-5H2. The third-order valence-electron chi connectivity index (χ3n) is 4.09. The van der Waals surface area contributed by atoms with Gasteiger partial charge in [-0.05, 0) is 43.9 Å². The Labute approximate surface area is 105 Å². The number of hydrogen-bond acceptors (Lipinski definition) is 0. The van der Waals surface area contributed by atoms with Crippen LogP contribution >= 0.6 is 47.8 Å². The lowest BCUT2D eigenvalue weighted by atomic mass is 9.56. The van der Waals surface area contributed by atoms with E-state index in [2.05, 4.69) is 47.8 Å². The molecule has 4 aliphatic carbocycles. The Morgan fingerprint density at radius 1 is 0.846 bits per heavy atom. The van der Waals surface area contributed by atoms with Gasteiger partial charge < -0.3 is 0 Å². The van der Waals surface area contributed by atoms with E-state index in [0.29, 0.717) is 13.5 Å². The van der Waals surface area contributed by atoms with Crippen LogP contribution in [0.1, 0.15) is 32.1 Å². The second-order valence-electron chi connectivity index (χ2n) is 5.22. The van der Waals surface area contributed by atoms with E-state index in [1.807, 2.05) is 0 Å². The first-order chi connectivity index (χ1) is 6.02. The fourth-order valence-corrected chi connectivity index (χ4v) is 7.68. The minimum absolute atomic E-state index is 0.403. The normalized spacial score (nSPS) is 64.4. The predicted octanol–water partition coefficient (Wildman–Crippen LogP) is 4.24. The molecule has 0 unspecified atom stereocenters. The summed E-state index contributed by atoms with van der Waals surface area (Å²) in [5.74, 6) is 1.94. The lowest BCUT2D eigenvalue weighted by Gasteiger charge is -2.61. The highest BCUT2D eigenvalue weighted by Crippen LogP contribution is 2.65. The van der Waals surface area contributed by atoms with Gasteiger partial charge >= 0.3 is 0 Å². The minimum atomic E-state index is 0.403. The van der Waals surface area contributed by atoms with E-state index in [-0.39, 0.29) is 0 Å². The summed E-state index contributed by atoms with van der Waals surface area (Å²) in [5.41, 5.74) is 0. The van der Waals surface area contributed by atoms with Crippen LogP contribution in [0.3, 0.4) is 0 Å². The molecule has 0 aromatic rings. The highest BCUT2D eigenvalue weighted by Gasteiger charge is 2.61. The first kappa shape index (κ1) is 9.65. The molecule has 0 spiro atoms. The average Bonchev–Trinajstić information content (AvgIpc) is 1.97. The minimum Gasteiger partial charge on any atom is -0.0860 e. The van der Waals surface area contributed by atoms with Crippen LogP contribution < -0.4 is 0 Å². The van der Waals surface area contributed by atoms with Crippen LogP contribution in [0.15, 0.2) is 0 Å². The van der Waals surface area contributed by atoms with E-state index in [1.54, 1.807) is 0 Å². The average molecular weight is 373 g/mol. The lowest BCUT2D eigenvalue weighted by Crippen LogP contribution is -2.61. The molecule has 0 radical (unpaired) electrons. The van der Waals surface area contributed by atoms with Crippen LogP contribution in [0.4, 0.5) is 0 Å². The van der Waals surface area contributed by atoms with Crippen molar-refractivity contribution in [3.05, 3.63) is 0 Å². The van der Waals surface area contributed by atoms with Crippen molar-refractivity contribution >= 4 is 47.8 Å². The van der Waals surface area contributed by atoms with Gasteiger partial charge in [0.1, 0.15) is 0 Å². The Bertz CT molecular complexity index is 215. The molecular formula is C10H13Br3. The van der Waals surface area contributed by atoms with Gasteiger partial charge in [-0.25, -0.2) is 0 Å². The van der Waals surface area contributed by atoms with Gasteiger partial charge in [0.15, 0.2) is 0 Å². The van der Waals surface area contributed by atoms with Gasteiger partial charge in [-0.3, -0.25) is 0 Å². The summed E-state index contributed by atoms with van der Waals surface area (Å²) in [6, 6.07) is 0. The van der Waals surface area contributed by atoms with Gasteiger partial charge in [-0.2, -0.15) is 0 Å². The molecule has 0 aliphatic heterocycles. The number of hydrogen-bond donors (Lipinski definition) is 0. The van der Waals surface area contributed by atoms with Crippen LogP contribution in [0.2, 0.25) is 0 Å². The first-order valence-electron chi connectivity index (χ1n) is 5.04. The molecule has 0 heterocycles. The summed E-state index contributed by atoms with van der Waals surface area (Å²) >= 11 is 11.9. The second kappa shape index (κ2) is 2.76. The zero-order valence-corrected chi connectivity index (χ0v) is 12.2. The first-order valence-corrected chi connectivity index (χ1v) is 7.54. The maximum atomic E-state index is 3.98. The van der Waals surface area contributed by atoms with Gasteiger partial charge in [-0.15, -0.1) is 0 Å². The van der Waals surface area contributed by atoms with Crippen molar-refractivity contribution in [1.29, 1.82) is 0 Å². The van der Waals surface area contributed by atoms with E-state index in [9.17, 15) is 0 Å². The molecule has 0 N–H and O–H groups in total. The van der Waals surface area contributed by atoms with E-state index in [1.165, 1.54) is 32.1 Å². The van der Waals surface area contributed by atoms with Gasteiger partial charge in [0, 0.05) is 13.5 Å². The topological polar surface area (TPSA) is 0 Å². The molecule has 13 heavy (non-hydrogen) atoms. The van der Waals surface area contributed by atoms with Gasteiger partial charge in [0.2, 0.25) is 0 Å². The molecule has 0 nitrogen and oxygen atoms in total. The molecule has 4 aliphatic rings. The molecule has 4 fully saturated rings. The zero-order valence-electron chi connectivity index (χ0n) is 7.40. The highest BCUT2D eigenvalue weighted by molar-refractivity contribution is 9.14. The van der Waals surface area contributed by atoms with E-state index >= 15 is 0 Å². The van der Waals surface area contributed by atoms with E-state index in [4.69, 9.17) is 0 Å². The Morgan fingerprint density at radius 3 is 1.62 bits per heavy atom. The van der Waals surface area contributed by atoms with Crippen molar-refractivity contribution in [2.24, 2.45) is 11.8 Å². The molecule has 4 bridgehead atoms. The molecule has 0 amide bonds. The van der Waals surface area contributed by atoms with Crippen molar-refractivity contribution in [1.82, 2.24) is 0 Å². The Kier molecular flexibility index (Phi) is 2.05. The largest absolute Gasteiger partial charge is 0.0860 e. The van der Waals surface area contributed by atoms with Crippen LogP contribution in [-0.4, -0.2) is 13.5 Å². The SMILES string of the molecule is BrC1C2(Br)CC3CC(C2)CC1(Br)C3. The summed E-state index contributed by atoms with van der Waals surface area (Å²) in [6.45, 7) is 0. The monoisotopic (exact) mass is 370 g/mol. The Balaban J connectivity index is 2.03. The van der Waals surface area contributed by atoms with Crippen LogP contribution in [-0.2, 0) is 0 Å². The summed E-state index contributed by atoms with van der Waals surface area (Å²) in [4.78, 5) is 0.625. The summed E-state index contributed by atoms with van der Waals surface area (Å²) in [5, 5.41) is 0. The molecule has 4 rings (SSSR count). The molecule has 0 atom stereocenters. The zero-order chi connectivity index (χ0) is 9.27. The summed E-state index contributed by atoms with van der Waals surface area (Å²) in [6.07, 6.45) is 7.01. The summed E-state index contributed by atoms with van der Waals surface area (Å²) in [7, 11) is 0.